The van der Waals surface area contributed by atoms with E-state index in [4.69, 9.17) is 21.9 Å². The Hall–Kier alpha value is -7.94. The lowest BCUT2D eigenvalue weighted by Gasteiger charge is -2.28. The largest absolute Gasteiger partial charge is 0.310 e. The first-order chi connectivity index (χ1) is 40.6. The Morgan fingerprint density at radius 3 is 1.53 bits per heavy atom. The summed E-state index contributed by atoms with van der Waals surface area (Å²) >= 11 is 0. The maximum absolute atomic E-state index is 9.85. The van der Waals surface area contributed by atoms with Crippen LogP contribution in [0.2, 0.25) is 0 Å². The molecule has 60 heavy (non-hydrogen) atoms. The molecule has 282 valence electrons. The van der Waals surface area contributed by atoms with Crippen LogP contribution in [-0.4, -0.2) is 4.57 Å². The molecule has 0 saturated carbocycles. The van der Waals surface area contributed by atoms with Gasteiger partial charge in [-0.15, -0.1) is 0 Å². The molecule has 0 aliphatic rings. The molecule has 0 amide bonds. The van der Waals surface area contributed by atoms with Crippen LogP contribution in [0.3, 0.4) is 0 Å². The molecule has 0 radical (unpaired) electrons. The summed E-state index contributed by atoms with van der Waals surface area (Å²) in [5, 5.41) is 3.29. The molecule has 0 N–H and O–H groups in total. The zero-order valence-electron chi connectivity index (χ0n) is 57.0. The molecule has 0 saturated heterocycles. The van der Waals surface area contributed by atoms with Gasteiger partial charge in [0.25, 0.3) is 0 Å². The average molecular weight is 791 g/mol. The summed E-state index contributed by atoms with van der Waals surface area (Å²) in [6.45, 7) is 0. The Morgan fingerprint density at radius 2 is 0.850 bits per heavy atom. The van der Waals surface area contributed by atoms with Crippen molar-refractivity contribution in [2.45, 2.75) is 0 Å². The minimum atomic E-state index is -1.24. The monoisotopic (exact) mass is 790 g/mol. The molecule has 10 aromatic carbocycles. The van der Waals surface area contributed by atoms with Crippen molar-refractivity contribution in [3.63, 3.8) is 0 Å². The molecule has 2 heteroatoms. The fourth-order valence-electron chi connectivity index (χ4n) is 7.20. The van der Waals surface area contributed by atoms with E-state index in [-0.39, 0.29) is 11.1 Å². The van der Waals surface area contributed by atoms with Gasteiger partial charge in [-0.1, -0.05) is 188 Å². The highest BCUT2D eigenvalue weighted by Gasteiger charge is 2.19. The molecule has 0 atom stereocenters. The van der Waals surface area contributed by atoms with Crippen molar-refractivity contribution in [3.8, 4) is 50.2 Å². The lowest BCUT2D eigenvalue weighted by atomic mass is 9.99. The maximum atomic E-state index is 9.85. The quantitative estimate of drug-likeness (QED) is 0.149. The summed E-state index contributed by atoms with van der Waals surface area (Å²) in [7, 11) is 0. The zero-order valence-corrected chi connectivity index (χ0v) is 31.0. The summed E-state index contributed by atoms with van der Waals surface area (Å²) in [4.78, 5) is 0.459. The van der Waals surface area contributed by atoms with Gasteiger partial charge in [0.15, 0.2) is 0 Å². The first-order valence-electron chi connectivity index (χ1n) is 31.5. The molecule has 0 unspecified atom stereocenters. The topological polar surface area (TPSA) is 8.17 Å². The number of anilines is 3. The summed E-state index contributed by atoms with van der Waals surface area (Å²) in [5.74, 6) is 0. The Kier molecular flexibility index (Phi) is 4.40. The van der Waals surface area contributed by atoms with E-state index in [0.717, 1.165) is 27.4 Å². The van der Waals surface area contributed by atoms with Gasteiger partial charge in [0.1, 0.15) is 0 Å². The maximum Gasteiger partial charge on any atom is 0.0645 e. The number of fused-ring (bicyclic) bond motifs is 4. The van der Waals surface area contributed by atoms with Crippen LogP contribution in [0.1, 0.15) is 35.6 Å². The Balaban J connectivity index is 1.22. The number of rotatable bonds is 8. The van der Waals surface area contributed by atoms with Crippen LogP contribution in [0, 0.1) is 0 Å². The van der Waals surface area contributed by atoms with Crippen LogP contribution < -0.4 is 4.90 Å². The van der Waals surface area contributed by atoms with E-state index < -0.39 is 208 Å². The summed E-state index contributed by atoms with van der Waals surface area (Å²) in [5.41, 5.74) is -6.07. The second-order valence-electron chi connectivity index (χ2n) is 13.3. The highest BCUT2D eigenvalue weighted by Crippen LogP contribution is 2.43. The number of hydrogen-bond acceptors (Lipinski definition) is 1. The van der Waals surface area contributed by atoms with Crippen LogP contribution >= 0.6 is 0 Å². The summed E-state index contributed by atoms with van der Waals surface area (Å²) in [6.07, 6.45) is 0. The molecule has 0 aliphatic heterocycles. The predicted octanol–water partition coefficient (Wildman–Crippen LogP) is 16.1. The van der Waals surface area contributed by atoms with Crippen LogP contribution in [-0.2, 0) is 0 Å². The Labute approximate surface area is 387 Å². The van der Waals surface area contributed by atoms with Crippen LogP contribution in [0.4, 0.5) is 17.1 Å². The molecular weight excluding hydrogens is 725 g/mol. The van der Waals surface area contributed by atoms with Crippen molar-refractivity contribution in [1.29, 1.82) is 0 Å². The highest BCUT2D eigenvalue weighted by atomic mass is 15.1. The molecule has 11 aromatic rings. The molecule has 0 fully saturated rings. The zero-order chi connectivity index (χ0) is 62.5. The van der Waals surface area contributed by atoms with Crippen LogP contribution in [0.15, 0.2) is 242 Å². The number of aromatic nitrogens is 1. The lowest BCUT2D eigenvalue weighted by molar-refractivity contribution is 1.20. The number of nitrogens with zero attached hydrogens (tertiary/aromatic N) is 2. The molecule has 0 bridgehead atoms. The molecule has 0 aliphatic carbocycles. The molecule has 1 aromatic heterocycles. The smallest absolute Gasteiger partial charge is 0.0645 e. The van der Waals surface area contributed by atoms with Crippen LogP contribution in [0.25, 0.3) is 82.8 Å². The number of para-hydroxylation sites is 2. The molecule has 0 spiro atoms. The van der Waals surface area contributed by atoms with Crippen molar-refractivity contribution in [2.75, 3.05) is 4.90 Å². The van der Waals surface area contributed by atoms with Gasteiger partial charge in [0.05, 0.1) is 58.0 Å². The van der Waals surface area contributed by atoms with Gasteiger partial charge in [-0.3, -0.25) is 0 Å². The van der Waals surface area contributed by atoms with Gasteiger partial charge in [-0.05, 0) is 98.8 Å². The van der Waals surface area contributed by atoms with Crippen molar-refractivity contribution in [1.82, 2.24) is 4.57 Å². The first-order valence-corrected chi connectivity index (χ1v) is 18.5. The minimum absolute atomic E-state index is 0.154. The van der Waals surface area contributed by atoms with Crippen molar-refractivity contribution < 1.29 is 35.6 Å². The van der Waals surface area contributed by atoms with Gasteiger partial charge in [-0.2, -0.15) is 0 Å². The van der Waals surface area contributed by atoms with Gasteiger partial charge < -0.3 is 9.47 Å². The number of benzene rings is 10. The van der Waals surface area contributed by atoms with E-state index in [1.54, 1.807) is 18.2 Å². The van der Waals surface area contributed by atoms with E-state index in [0.29, 0.717) is 15.8 Å². The second-order valence-corrected chi connectivity index (χ2v) is 13.3. The van der Waals surface area contributed by atoms with Crippen molar-refractivity contribution in [3.05, 3.63) is 242 Å². The van der Waals surface area contributed by atoms with Crippen molar-refractivity contribution in [2.24, 2.45) is 0 Å². The third kappa shape index (κ3) is 6.32. The first kappa shape index (κ1) is 17.5. The van der Waals surface area contributed by atoms with E-state index >= 15 is 0 Å². The Bertz CT molecular complexity index is 4710. The molecule has 1 heterocycles. The second kappa shape index (κ2) is 15.1. The van der Waals surface area contributed by atoms with E-state index in [2.05, 4.69) is 4.57 Å². The van der Waals surface area contributed by atoms with E-state index in [1.165, 1.54) is 0 Å². The minimum Gasteiger partial charge on any atom is -0.310 e. The summed E-state index contributed by atoms with van der Waals surface area (Å²) in [6, 6.07) is -0.118. The standard InChI is InChI=1S/C58H40N2/c1-3-14-41(15-4-1)42-26-28-43(29-27-42)44-30-35-49(36-31-44)59(55-23-11-9-21-51(55)46-16-5-2-6-17-46)50-37-32-45(33-38-50)48-34-39-58-54(40-48)53-22-10-12-24-57(53)60(58)56-25-13-19-47-18-7-8-20-52(47)56/h1-40H/i1D,2D,3D,4D,5D,6D,9D,11D,14D,15D,16D,17D,21D,23D,26D,27D,28D,29D,30D,31D,32D,33D,35D,36D,37D,38D. The van der Waals surface area contributed by atoms with Gasteiger partial charge >= 0.3 is 0 Å². The summed E-state index contributed by atoms with van der Waals surface area (Å²) < 4.78 is 238. The van der Waals surface area contributed by atoms with Gasteiger partial charge in [0, 0.05) is 33.1 Å². The van der Waals surface area contributed by atoms with Crippen molar-refractivity contribution >= 4 is 49.6 Å². The third-order valence-electron chi connectivity index (χ3n) is 9.91. The third-order valence-corrected chi connectivity index (χ3v) is 9.91. The Morgan fingerprint density at radius 1 is 0.350 bits per heavy atom. The molecule has 2 nitrogen and oxygen atoms in total. The van der Waals surface area contributed by atoms with Crippen LogP contribution in [0.5, 0.6) is 0 Å². The predicted molar refractivity (Wildman–Crippen MR) is 255 cm³/mol. The lowest BCUT2D eigenvalue weighted by Crippen LogP contribution is -2.11. The van der Waals surface area contributed by atoms with Gasteiger partial charge in [0.2, 0.25) is 0 Å². The van der Waals surface area contributed by atoms with E-state index in [9.17, 15) is 13.7 Å². The number of hydrogen-bond donors (Lipinski definition) is 0. The molecular formula is C58H40N2. The fraction of sp³-hybridized carbons (Fsp3) is 0. The fourth-order valence-corrected chi connectivity index (χ4v) is 7.20. The average Bonchev–Trinajstić information content (AvgIpc) is 0.870. The van der Waals surface area contributed by atoms with E-state index in [1.807, 2.05) is 66.7 Å². The highest BCUT2D eigenvalue weighted by molar-refractivity contribution is 6.11. The van der Waals surface area contributed by atoms with Gasteiger partial charge in [-0.25, -0.2) is 0 Å². The normalized spacial score (nSPS) is 17.4. The molecule has 11 rings (SSSR count). The SMILES string of the molecule is [2H]c1c([2H])c([2H])c(-c2c([2H])c([2H])c(-c3c([2H])c([2H])c(N(c4c([2H])c([2H])c(-c5ccc6c(c5)c5ccccc5n6-c5cccc6ccccc56)c([2H])c4[2H])c4c([2H])c([2H])c([2H])c([2H])c4-c4c([2H])c([2H])c([2H])c([2H])c4[2H])c([2H])c3[2H])c([2H])c2[2H])c([2H])c1[2H].